The number of anilines is 1. The van der Waals surface area contributed by atoms with Crippen molar-refractivity contribution in [3.8, 4) is 0 Å². The average molecular weight is 348 g/mol. The van der Waals surface area contributed by atoms with E-state index in [9.17, 15) is 4.79 Å². The first-order chi connectivity index (χ1) is 12.7. The van der Waals surface area contributed by atoms with Crippen LogP contribution in [0.2, 0.25) is 0 Å². The number of aromatic nitrogens is 1. The van der Waals surface area contributed by atoms with E-state index >= 15 is 0 Å². The minimum atomic E-state index is -0.355. The highest BCUT2D eigenvalue weighted by molar-refractivity contribution is 5.95. The molecule has 0 atom stereocenters. The van der Waals surface area contributed by atoms with E-state index < -0.39 is 0 Å². The van der Waals surface area contributed by atoms with Crippen LogP contribution in [0.1, 0.15) is 16.1 Å². The second kappa shape index (κ2) is 8.22. The fourth-order valence-corrected chi connectivity index (χ4v) is 2.51. The van der Waals surface area contributed by atoms with Gasteiger partial charge in [-0.1, -0.05) is 36.4 Å². The fraction of sp³-hybridized carbons (Fsp3) is 0.150. The molecule has 6 heteroatoms. The summed E-state index contributed by atoms with van der Waals surface area (Å²) in [5.41, 5.74) is 5.45. The van der Waals surface area contributed by atoms with Gasteiger partial charge in [0.05, 0.1) is 18.3 Å². The third-order valence-corrected chi connectivity index (χ3v) is 3.98. The molecule has 1 amide bonds. The molecular weight excluding hydrogens is 328 g/mol. The van der Waals surface area contributed by atoms with Crippen LogP contribution in [0, 0.1) is 0 Å². The van der Waals surface area contributed by atoms with Crippen LogP contribution in [0.4, 0.5) is 5.69 Å². The van der Waals surface area contributed by atoms with Gasteiger partial charge >= 0.3 is 0 Å². The quantitative estimate of drug-likeness (QED) is 0.530. The van der Waals surface area contributed by atoms with Crippen molar-refractivity contribution in [1.29, 1.82) is 0 Å². The zero-order valence-electron chi connectivity index (χ0n) is 14.5. The Hall–Kier alpha value is -3.25. The summed E-state index contributed by atoms with van der Waals surface area (Å²) in [6, 6.07) is 18.8. The number of para-hydroxylation sites is 1. The van der Waals surface area contributed by atoms with Crippen LogP contribution in [0.3, 0.4) is 0 Å². The van der Waals surface area contributed by atoms with Gasteiger partial charge in [-0.25, -0.2) is 10.4 Å². The Morgan fingerprint density at radius 3 is 2.69 bits per heavy atom. The molecule has 0 unspecified atom stereocenters. The van der Waals surface area contributed by atoms with Gasteiger partial charge in [-0.15, -0.1) is 0 Å². The number of pyridine rings is 1. The molecule has 26 heavy (non-hydrogen) atoms. The molecule has 0 aliphatic carbocycles. The number of carbonyl (C=O) groups excluding carboxylic acids is 1. The second-order valence-corrected chi connectivity index (χ2v) is 5.83. The predicted octanol–water partition coefficient (Wildman–Crippen LogP) is 2.43. The largest absolute Gasteiger partial charge is 0.395 e. The highest BCUT2D eigenvalue weighted by Gasteiger charge is 2.06. The summed E-state index contributed by atoms with van der Waals surface area (Å²) in [4.78, 5) is 18.5. The van der Waals surface area contributed by atoms with E-state index in [4.69, 9.17) is 5.11 Å². The molecule has 3 rings (SSSR count). The van der Waals surface area contributed by atoms with Crippen LogP contribution >= 0.6 is 0 Å². The number of hydrogen-bond acceptors (Lipinski definition) is 5. The molecule has 0 aliphatic heterocycles. The van der Waals surface area contributed by atoms with Crippen LogP contribution < -0.4 is 10.3 Å². The number of nitrogens with zero attached hydrogens (tertiary/aromatic N) is 3. The number of hydrogen-bond donors (Lipinski definition) is 2. The van der Waals surface area contributed by atoms with Gasteiger partial charge in [0.15, 0.2) is 0 Å². The molecule has 132 valence electrons. The van der Waals surface area contributed by atoms with Gasteiger partial charge in [-0.2, -0.15) is 5.10 Å². The lowest BCUT2D eigenvalue weighted by Crippen LogP contribution is -2.21. The van der Waals surface area contributed by atoms with Crippen molar-refractivity contribution in [2.45, 2.75) is 0 Å². The molecule has 6 nitrogen and oxygen atoms in total. The van der Waals surface area contributed by atoms with Crippen molar-refractivity contribution in [2.24, 2.45) is 5.10 Å². The van der Waals surface area contributed by atoms with E-state index in [2.05, 4.69) is 15.5 Å². The van der Waals surface area contributed by atoms with Gasteiger partial charge in [0, 0.05) is 24.7 Å². The fourth-order valence-electron chi connectivity index (χ4n) is 2.51. The molecule has 0 spiro atoms. The predicted molar refractivity (Wildman–Crippen MR) is 104 cm³/mol. The number of benzene rings is 2. The van der Waals surface area contributed by atoms with Crippen molar-refractivity contribution in [3.63, 3.8) is 0 Å². The van der Waals surface area contributed by atoms with Crippen LogP contribution in [0.25, 0.3) is 10.9 Å². The van der Waals surface area contributed by atoms with Gasteiger partial charge in [0.1, 0.15) is 5.69 Å². The molecular formula is C20H20N4O2. The zero-order chi connectivity index (χ0) is 18.4. The van der Waals surface area contributed by atoms with Crippen LogP contribution in [0.5, 0.6) is 0 Å². The zero-order valence-corrected chi connectivity index (χ0v) is 14.5. The maximum atomic E-state index is 12.2. The van der Waals surface area contributed by atoms with Crippen molar-refractivity contribution in [3.05, 3.63) is 71.9 Å². The Balaban J connectivity index is 1.62. The SMILES string of the molecule is CN(CCO)c1ccc(/C=N/NC(=O)c2ccc3ccccc3n2)cc1. The third kappa shape index (κ3) is 4.23. The lowest BCUT2D eigenvalue weighted by molar-refractivity contribution is 0.0950. The number of nitrogens with one attached hydrogen (secondary N) is 1. The van der Waals surface area contributed by atoms with Crippen LogP contribution in [-0.4, -0.2) is 42.4 Å². The molecule has 0 radical (unpaired) electrons. The molecule has 1 heterocycles. The van der Waals surface area contributed by atoms with Crippen LogP contribution in [0.15, 0.2) is 65.8 Å². The third-order valence-electron chi connectivity index (χ3n) is 3.98. The smallest absolute Gasteiger partial charge is 0.289 e. The summed E-state index contributed by atoms with van der Waals surface area (Å²) in [5, 5.41) is 13.9. The molecule has 2 aromatic carbocycles. The molecule has 0 fully saturated rings. The normalized spacial score (nSPS) is 11.0. The van der Waals surface area contributed by atoms with E-state index in [0.717, 1.165) is 22.2 Å². The molecule has 2 N–H and O–H groups in total. The Morgan fingerprint density at radius 1 is 1.15 bits per heavy atom. The minimum absolute atomic E-state index is 0.106. The monoisotopic (exact) mass is 348 g/mol. The topological polar surface area (TPSA) is 77.8 Å². The van der Waals surface area contributed by atoms with Gasteiger partial charge < -0.3 is 10.0 Å². The molecule has 0 aliphatic rings. The summed E-state index contributed by atoms with van der Waals surface area (Å²) < 4.78 is 0. The summed E-state index contributed by atoms with van der Waals surface area (Å²) in [7, 11) is 1.91. The van der Waals surface area contributed by atoms with Crippen molar-refractivity contribution >= 4 is 28.7 Å². The van der Waals surface area contributed by atoms with E-state index in [-0.39, 0.29) is 12.5 Å². The molecule has 0 saturated carbocycles. The highest BCUT2D eigenvalue weighted by Crippen LogP contribution is 2.13. The lowest BCUT2D eigenvalue weighted by atomic mass is 10.2. The van der Waals surface area contributed by atoms with Gasteiger partial charge in [0.2, 0.25) is 0 Å². The Morgan fingerprint density at radius 2 is 1.92 bits per heavy atom. The Bertz CT molecular complexity index is 923. The Labute approximate surface area is 151 Å². The maximum absolute atomic E-state index is 12.2. The number of hydrazone groups is 1. The first-order valence-electron chi connectivity index (χ1n) is 8.28. The minimum Gasteiger partial charge on any atom is -0.395 e. The lowest BCUT2D eigenvalue weighted by Gasteiger charge is -2.17. The second-order valence-electron chi connectivity index (χ2n) is 5.83. The van der Waals surface area contributed by atoms with E-state index in [1.165, 1.54) is 0 Å². The van der Waals surface area contributed by atoms with Gasteiger partial charge in [0.25, 0.3) is 5.91 Å². The first kappa shape index (κ1) is 17.6. The van der Waals surface area contributed by atoms with E-state index in [1.54, 1.807) is 12.3 Å². The van der Waals surface area contributed by atoms with Crippen molar-refractivity contribution < 1.29 is 9.90 Å². The number of fused-ring (bicyclic) bond motifs is 1. The van der Waals surface area contributed by atoms with E-state index in [1.807, 2.05) is 66.5 Å². The summed E-state index contributed by atoms with van der Waals surface area (Å²) in [5.74, 6) is -0.355. The van der Waals surface area contributed by atoms with Crippen LogP contribution in [-0.2, 0) is 0 Å². The number of aliphatic hydroxyl groups is 1. The standard InChI is InChI=1S/C20H20N4O2/c1-24(12-13-25)17-9-6-15(7-10-17)14-21-23-20(26)19-11-8-16-4-2-3-5-18(16)22-19/h2-11,14,25H,12-13H2,1H3,(H,23,26)/b21-14+. The summed E-state index contributed by atoms with van der Waals surface area (Å²) in [6.45, 7) is 0.677. The maximum Gasteiger partial charge on any atom is 0.289 e. The van der Waals surface area contributed by atoms with E-state index in [0.29, 0.717) is 12.2 Å². The number of rotatable bonds is 6. The molecule has 3 aromatic rings. The Kier molecular flexibility index (Phi) is 5.56. The number of carbonyl (C=O) groups is 1. The number of likely N-dealkylation sites (N-methyl/N-ethyl adjacent to an activating group) is 1. The summed E-state index contributed by atoms with van der Waals surface area (Å²) >= 11 is 0. The van der Waals surface area contributed by atoms with Gasteiger partial charge in [-0.3, -0.25) is 4.79 Å². The molecule has 0 bridgehead atoms. The molecule has 0 saturated heterocycles. The average Bonchev–Trinajstić information content (AvgIpc) is 2.68. The van der Waals surface area contributed by atoms with Crippen molar-refractivity contribution in [1.82, 2.24) is 10.4 Å². The highest BCUT2D eigenvalue weighted by atomic mass is 16.3. The number of amides is 1. The first-order valence-corrected chi connectivity index (χ1v) is 8.28. The number of aliphatic hydroxyl groups excluding tert-OH is 1. The van der Waals surface area contributed by atoms with Gasteiger partial charge in [-0.05, 0) is 29.8 Å². The molecule has 1 aromatic heterocycles. The summed E-state index contributed by atoms with van der Waals surface area (Å²) in [6.07, 6.45) is 1.58. The van der Waals surface area contributed by atoms with Crippen molar-refractivity contribution in [2.75, 3.05) is 25.1 Å².